The highest BCUT2D eigenvalue weighted by atomic mass is 19.1. The maximum absolute atomic E-state index is 13.0. The van der Waals surface area contributed by atoms with E-state index in [1.807, 2.05) is 0 Å². The van der Waals surface area contributed by atoms with Crippen LogP contribution in [0.2, 0.25) is 0 Å². The number of hydrogen-bond donors (Lipinski definition) is 2. The van der Waals surface area contributed by atoms with E-state index in [1.165, 1.54) is 4.90 Å². The number of urea groups is 1. The number of nitrogens with one attached hydrogen (secondary N) is 1. The molecule has 5 nitrogen and oxygen atoms in total. The van der Waals surface area contributed by atoms with Crippen LogP contribution in [0.3, 0.4) is 0 Å². The van der Waals surface area contributed by atoms with Crippen LogP contribution in [0.4, 0.5) is 19.3 Å². The zero-order chi connectivity index (χ0) is 14.7. The molecule has 1 aromatic carbocycles. The van der Waals surface area contributed by atoms with Crippen LogP contribution in [-0.4, -0.2) is 34.6 Å². The fourth-order valence-corrected chi connectivity index (χ4v) is 2.34. The minimum Gasteiger partial charge on any atom is -0.481 e. The number of carbonyl (C=O) groups excluding carboxylic acids is 1. The fraction of sp³-hybridized carbons (Fsp3) is 0.385. The van der Waals surface area contributed by atoms with Gasteiger partial charge in [0.2, 0.25) is 0 Å². The van der Waals surface area contributed by atoms with Crippen molar-refractivity contribution in [2.24, 2.45) is 0 Å². The van der Waals surface area contributed by atoms with Crippen molar-refractivity contribution in [2.45, 2.75) is 25.3 Å². The summed E-state index contributed by atoms with van der Waals surface area (Å²) in [5.74, 6) is -2.56. The van der Waals surface area contributed by atoms with Crippen LogP contribution in [0.25, 0.3) is 0 Å². The molecule has 1 fully saturated rings. The smallest absolute Gasteiger partial charge is 0.322 e. The van der Waals surface area contributed by atoms with Gasteiger partial charge in [-0.3, -0.25) is 4.79 Å². The Hall–Kier alpha value is -2.18. The van der Waals surface area contributed by atoms with E-state index < -0.39 is 23.6 Å². The van der Waals surface area contributed by atoms with Crippen molar-refractivity contribution >= 4 is 17.7 Å². The van der Waals surface area contributed by atoms with Crippen LogP contribution < -0.4 is 5.32 Å². The molecule has 7 heteroatoms. The van der Waals surface area contributed by atoms with Crippen molar-refractivity contribution in [2.75, 3.05) is 11.9 Å². The molecular weight excluding hydrogens is 270 g/mol. The first-order valence-corrected chi connectivity index (χ1v) is 6.21. The molecule has 20 heavy (non-hydrogen) atoms. The average Bonchev–Trinajstić information content (AvgIpc) is 2.74. The van der Waals surface area contributed by atoms with Gasteiger partial charge < -0.3 is 15.3 Å². The summed E-state index contributed by atoms with van der Waals surface area (Å²) in [7, 11) is 0. The number of aliphatic carboxylic acids is 1. The number of carboxylic acids is 1. The highest BCUT2D eigenvalue weighted by molar-refractivity contribution is 5.90. The van der Waals surface area contributed by atoms with Crippen molar-refractivity contribution in [1.29, 1.82) is 0 Å². The molecule has 1 aliphatic rings. The molecule has 0 spiro atoms. The second-order valence-corrected chi connectivity index (χ2v) is 4.68. The third-order valence-corrected chi connectivity index (χ3v) is 3.16. The molecule has 0 bridgehead atoms. The number of carboxylic acid groups (broad SMARTS) is 1. The van der Waals surface area contributed by atoms with Gasteiger partial charge in [-0.1, -0.05) is 0 Å². The summed E-state index contributed by atoms with van der Waals surface area (Å²) in [6.07, 6.45) is 1.19. The number of benzene rings is 1. The van der Waals surface area contributed by atoms with Crippen LogP contribution in [0.1, 0.15) is 19.3 Å². The maximum Gasteiger partial charge on any atom is 0.322 e. The lowest BCUT2D eigenvalue weighted by Gasteiger charge is -2.23. The number of rotatable bonds is 3. The number of likely N-dealkylation sites (tertiary alicyclic amines) is 1. The molecule has 2 amide bonds. The second kappa shape index (κ2) is 5.85. The van der Waals surface area contributed by atoms with Gasteiger partial charge in [-0.25, -0.2) is 13.6 Å². The number of hydrogen-bond acceptors (Lipinski definition) is 2. The Bertz CT molecular complexity index is 516. The Labute approximate surface area is 114 Å². The molecule has 1 heterocycles. The largest absolute Gasteiger partial charge is 0.481 e. The summed E-state index contributed by atoms with van der Waals surface area (Å²) >= 11 is 0. The zero-order valence-corrected chi connectivity index (χ0v) is 10.6. The predicted octanol–water partition coefficient (Wildman–Crippen LogP) is 2.44. The molecule has 1 unspecified atom stereocenters. The monoisotopic (exact) mass is 284 g/mol. The minimum atomic E-state index is -0.980. The minimum absolute atomic E-state index is 0.00785. The normalized spacial score (nSPS) is 18.1. The molecule has 0 saturated carbocycles. The summed E-state index contributed by atoms with van der Waals surface area (Å²) < 4.78 is 26.0. The number of amides is 2. The van der Waals surface area contributed by atoms with Gasteiger partial charge >= 0.3 is 12.0 Å². The Balaban J connectivity index is 2.05. The average molecular weight is 284 g/mol. The Morgan fingerprint density at radius 3 is 2.55 bits per heavy atom. The van der Waals surface area contributed by atoms with Gasteiger partial charge in [0, 0.05) is 24.3 Å². The number of nitrogens with zero attached hydrogens (tertiary/aromatic N) is 1. The quantitative estimate of drug-likeness (QED) is 0.895. The molecule has 0 aliphatic carbocycles. The molecule has 1 aromatic rings. The van der Waals surface area contributed by atoms with E-state index in [4.69, 9.17) is 5.11 Å². The van der Waals surface area contributed by atoms with Gasteiger partial charge in [0.25, 0.3) is 0 Å². The number of carbonyl (C=O) groups is 2. The highest BCUT2D eigenvalue weighted by Gasteiger charge is 2.30. The Morgan fingerprint density at radius 1 is 1.30 bits per heavy atom. The predicted molar refractivity (Wildman–Crippen MR) is 67.4 cm³/mol. The van der Waals surface area contributed by atoms with Crippen molar-refractivity contribution < 1.29 is 23.5 Å². The number of anilines is 1. The van der Waals surface area contributed by atoms with Crippen LogP contribution in [-0.2, 0) is 4.79 Å². The fourth-order valence-electron chi connectivity index (χ4n) is 2.34. The molecule has 1 atom stereocenters. The van der Waals surface area contributed by atoms with Crippen molar-refractivity contribution in [3.05, 3.63) is 29.8 Å². The van der Waals surface area contributed by atoms with E-state index in [0.717, 1.165) is 12.1 Å². The lowest BCUT2D eigenvalue weighted by molar-refractivity contribution is -0.137. The van der Waals surface area contributed by atoms with Gasteiger partial charge in [-0.2, -0.15) is 0 Å². The van der Waals surface area contributed by atoms with E-state index >= 15 is 0 Å². The lowest BCUT2D eigenvalue weighted by atomic mass is 10.1. The van der Waals surface area contributed by atoms with Crippen LogP contribution in [0.5, 0.6) is 0 Å². The lowest BCUT2D eigenvalue weighted by Crippen LogP contribution is -2.39. The molecule has 108 valence electrons. The molecule has 0 aromatic heterocycles. The van der Waals surface area contributed by atoms with Gasteiger partial charge in [0.1, 0.15) is 11.6 Å². The van der Waals surface area contributed by atoms with E-state index in [9.17, 15) is 18.4 Å². The molecule has 1 saturated heterocycles. The van der Waals surface area contributed by atoms with E-state index in [1.54, 1.807) is 0 Å². The van der Waals surface area contributed by atoms with Crippen molar-refractivity contribution in [3.63, 3.8) is 0 Å². The molecule has 2 rings (SSSR count). The SMILES string of the molecule is O=C(O)CC1CCCN1C(=O)Nc1cc(F)cc(F)c1. The standard InChI is InChI=1S/C13H14F2N2O3/c14-8-4-9(15)6-10(5-8)16-13(20)17-3-1-2-11(17)7-12(18)19/h4-6,11H,1-3,7H2,(H,16,20)(H,18,19). The molecule has 0 radical (unpaired) electrons. The zero-order valence-electron chi connectivity index (χ0n) is 10.6. The topological polar surface area (TPSA) is 69.6 Å². The maximum atomic E-state index is 13.0. The highest BCUT2D eigenvalue weighted by Crippen LogP contribution is 2.22. The first-order chi connectivity index (χ1) is 9.45. The summed E-state index contributed by atoms with van der Waals surface area (Å²) in [6, 6.07) is 1.79. The van der Waals surface area contributed by atoms with Gasteiger partial charge in [-0.05, 0) is 25.0 Å². The van der Waals surface area contributed by atoms with E-state index in [0.29, 0.717) is 25.5 Å². The van der Waals surface area contributed by atoms with Crippen molar-refractivity contribution in [1.82, 2.24) is 4.90 Å². The first kappa shape index (κ1) is 14.2. The van der Waals surface area contributed by atoms with Crippen LogP contribution in [0, 0.1) is 11.6 Å². The van der Waals surface area contributed by atoms with E-state index in [-0.39, 0.29) is 18.2 Å². The summed E-state index contributed by atoms with van der Waals surface area (Å²) in [5, 5.41) is 11.2. The molecule has 2 N–H and O–H groups in total. The van der Waals surface area contributed by atoms with E-state index in [2.05, 4.69) is 5.32 Å². The summed E-state index contributed by atoms with van der Waals surface area (Å²) in [4.78, 5) is 24.1. The first-order valence-electron chi connectivity index (χ1n) is 6.21. The Kier molecular flexibility index (Phi) is 4.16. The molecule has 1 aliphatic heterocycles. The summed E-state index contributed by atoms with van der Waals surface area (Å²) in [6.45, 7) is 0.432. The van der Waals surface area contributed by atoms with Gasteiger partial charge in [0.05, 0.1) is 6.42 Å². The van der Waals surface area contributed by atoms with Crippen molar-refractivity contribution in [3.8, 4) is 0 Å². The summed E-state index contributed by atoms with van der Waals surface area (Å²) in [5.41, 5.74) is 0.00785. The third kappa shape index (κ3) is 3.43. The number of halogens is 2. The van der Waals surface area contributed by atoms with Crippen LogP contribution in [0.15, 0.2) is 18.2 Å². The van der Waals surface area contributed by atoms with Gasteiger partial charge in [-0.15, -0.1) is 0 Å². The van der Waals surface area contributed by atoms with Gasteiger partial charge in [0.15, 0.2) is 0 Å². The third-order valence-electron chi connectivity index (χ3n) is 3.16. The second-order valence-electron chi connectivity index (χ2n) is 4.68. The Morgan fingerprint density at radius 2 is 1.95 bits per heavy atom. The molecular formula is C13H14F2N2O3. The van der Waals surface area contributed by atoms with Crippen LogP contribution >= 0.6 is 0 Å².